The summed E-state index contributed by atoms with van der Waals surface area (Å²) in [7, 11) is 0. The van der Waals surface area contributed by atoms with Crippen molar-refractivity contribution < 1.29 is 9.18 Å². The third-order valence-corrected chi connectivity index (χ3v) is 4.45. The highest BCUT2D eigenvalue weighted by atomic mass is 35.5. The fraction of sp³-hybridized carbons (Fsp3) is 0.100. The normalized spacial score (nSPS) is 12.8. The maximum absolute atomic E-state index is 13.3. The van der Waals surface area contributed by atoms with Crippen molar-refractivity contribution >= 4 is 29.0 Å². The van der Waals surface area contributed by atoms with Crippen LogP contribution in [0.4, 0.5) is 15.9 Å². The van der Waals surface area contributed by atoms with E-state index in [4.69, 9.17) is 11.6 Å². The van der Waals surface area contributed by atoms with Crippen LogP contribution in [0.2, 0.25) is 5.02 Å². The number of fused-ring (bicyclic) bond motifs is 1. The molecule has 4 nitrogen and oxygen atoms in total. The molecule has 0 unspecified atom stereocenters. The molecule has 2 aromatic carbocycles. The monoisotopic (exact) mass is 367 g/mol. The first-order valence-corrected chi connectivity index (χ1v) is 8.52. The molecule has 6 heteroatoms. The first kappa shape index (κ1) is 16.5. The SMILES string of the molecule is O=C(c1cc(Cl)cc(Nc2cccc(F)c2)n1)N1Cc2ccccc2C1. The van der Waals surface area contributed by atoms with Crippen LogP contribution in [0.25, 0.3) is 0 Å². The summed E-state index contributed by atoms with van der Waals surface area (Å²) in [4.78, 5) is 18.9. The summed E-state index contributed by atoms with van der Waals surface area (Å²) < 4.78 is 13.3. The van der Waals surface area contributed by atoms with Gasteiger partial charge in [-0.15, -0.1) is 0 Å². The van der Waals surface area contributed by atoms with Crippen molar-refractivity contribution in [3.05, 3.63) is 88.3 Å². The molecule has 0 fully saturated rings. The smallest absolute Gasteiger partial charge is 0.273 e. The van der Waals surface area contributed by atoms with Crippen molar-refractivity contribution in [3.63, 3.8) is 0 Å². The number of amides is 1. The lowest BCUT2D eigenvalue weighted by Gasteiger charge is -2.16. The third kappa shape index (κ3) is 3.39. The molecule has 0 aliphatic carbocycles. The Morgan fingerprint density at radius 2 is 1.77 bits per heavy atom. The average Bonchev–Trinajstić information content (AvgIpc) is 3.04. The zero-order chi connectivity index (χ0) is 18.1. The topological polar surface area (TPSA) is 45.2 Å². The summed E-state index contributed by atoms with van der Waals surface area (Å²) in [5.74, 6) is -0.155. The highest BCUT2D eigenvalue weighted by Gasteiger charge is 2.25. The maximum Gasteiger partial charge on any atom is 0.273 e. The zero-order valence-electron chi connectivity index (χ0n) is 13.7. The molecule has 1 aliphatic rings. The van der Waals surface area contributed by atoms with Crippen LogP contribution < -0.4 is 5.32 Å². The van der Waals surface area contributed by atoms with E-state index in [1.54, 1.807) is 29.2 Å². The second-order valence-corrected chi connectivity index (χ2v) is 6.56. The molecule has 26 heavy (non-hydrogen) atoms. The van der Waals surface area contributed by atoms with Gasteiger partial charge in [0.15, 0.2) is 0 Å². The standard InChI is InChI=1S/C20H15ClFN3O/c21-15-8-18(20(26)25-11-13-4-1-2-5-14(13)12-25)24-19(9-15)23-17-7-3-6-16(22)10-17/h1-10H,11-12H2,(H,23,24). The minimum Gasteiger partial charge on any atom is -0.340 e. The minimum absolute atomic E-state index is 0.189. The van der Waals surface area contributed by atoms with Gasteiger partial charge in [0.2, 0.25) is 0 Å². The number of nitrogens with one attached hydrogen (secondary N) is 1. The molecular weight excluding hydrogens is 353 g/mol. The van der Waals surface area contributed by atoms with Gasteiger partial charge >= 0.3 is 0 Å². The second kappa shape index (κ2) is 6.77. The average molecular weight is 368 g/mol. The number of hydrogen-bond acceptors (Lipinski definition) is 3. The summed E-state index contributed by atoms with van der Waals surface area (Å²) in [5.41, 5.74) is 3.07. The number of pyridine rings is 1. The van der Waals surface area contributed by atoms with E-state index >= 15 is 0 Å². The van der Waals surface area contributed by atoms with E-state index in [0.717, 1.165) is 11.1 Å². The molecule has 0 radical (unpaired) electrons. The Kier molecular flexibility index (Phi) is 4.31. The molecule has 130 valence electrons. The number of aromatic nitrogens is 1. The molecular formula is C20H15ClFN3O. The van der Waals surface area contributed by atoms with E-state index in [9.17, 15) is 9.18 Å². The quantitative estimate of drug-likeness (QED) is 0.725. The van der Waals surface area contributed by atoms with Gasteiger partial charge in [-0.2, -0.15) is 0 Å². The van der Waals surface area contributed by atoms with Gasteiger partial charge in [0, 0.05) is 23.8 Å². The van der Waals surface area contributed by atoms with Gasteiger partial charge < -0.3 is 10.2 Å². The van der Waals surface area contributed by atoms with Crippen LogP contribution in [0.3, 0.4) is 0 Å². The van der Waals surface area contributed by atoms with Crippen LogP contribution in [-0.4, -0.2) is 15.8 Å². The molecule has 0 spiro atoms. The van der Waals surface area contributed by atoms with E-state index in [-0.39, 0.29) is 17.4 Å². The van der Waals surface area contributed by atoms with Gasteiger partial charge in [0.25, 0.3) is 5.91 Å². The number of rotatable bonds is 3. The van der Waals surface area contributed by atoms with Crippen LogP contribution in [0.5, 0.6) is 0 Å². The summed E-state index contributed by atoms with van der Waals surface area (Å²) in [6.45, 7) is 1.10. The lowest BCUT2D eigenvalue weighted by atomic mass is 10.1. The van der Waals surface area contributed by atoms with Crippen LogP contribution in [-0.2, 0) is 13.1 Å². The van der Waals surface area contributed by atoms with Crippen LogP contribution >= 0.6 is 11.6 Å². The third-order valence-electron chi connectivity index (χ3n) is 4.23. The van der Waals surface area contributed by atoms with Gasteiger partial charge in [-0.1, -0.05) is 41.9 Å². The Morgan fingerprint density at radius 1 is 1.04 bits per heavy atom. The Bertz CT molecular complexity index is 967. The molecule has 1 aliphatic heterocycles. The maximum atomic E-state index is 13.3. The first-order valence-electron chi connectivity index (χ1n) is 8.15. The number of hydrogen-bond donors (Lipinski definition) is 1. The molecule has 0 saturated carbocycles. The predicted molar refractivity (Wildman–Crippen MR) is 98.9 cm³/mol. The van der Waals surface area contributed by atoms with Crippen molar-refractivity contribution in [3.8, 4) is 0 Å². The highest BCUT2D eigenvalue weighted by molar-refractivity contribution is 6.31. The van der Waals surface area contributed by atoms with Crippen molar-refractivity contribution in [2.45, 2.75) is 13.1 Å². The summed E-state index contributed by atoms with van der Waals surface area (Å²) in [5, 5.41) is 3.37. The highest BCUT2D eigenvalue weighted by Crippen LogP contribution is 2.26. The Labute approximate surface area is 155 Å². The fourth-order valence-corrected chi connectivity index (χ4v) is 3.23. The van der Waals surface area contributed by atoms with E-state index in [2.05, 4.69) is 10.3 Å². The Hall–Kier alpha value is -2.92. The molecule has 0 saturated heterocycles. The van der Waals surface area contributed by atoms with Gasteiger partial charge in [-0.3, -0.25) is 4.79 Å². The molecule has 3 aromatic rings. The van der Waals surface area contributed by atoms with Crippen molar-refractivity contribution in [2.75, 3.05) is 5.32 Å². The van der Waals surface area contributed by atoms with Crippen molar-refractivity contribution in [2.24, 2.45) is 0 Å². The Balaban J connectivity index is 1.57. The zero-order valence-corrected chi connectivity index (χ0v) is 14.5. The molecule has 0 atom stereocenters. The lowest BCUT2D eigenvalue weighted by Crippen LogP contribution is -2.26. The van der Waals surface area contributed by atoms with Gasteiger partial charge in [-0.25, -0.2) is 9.37 Å². The van der Waals surface area contributed by atoms with E-state index in [1.807, 2.05) is 24.3 Å². The van der Waals surface area contributed by atoms with Gasteiger partial charge in [-0.05, 0) is 41.5 Å². The number of carbonyl (C=O) groups excluding carboxylic acids is 1. The summed E-state index contributed by atoms with van der Waals surface area (Å²) in [6, 6.07) is 17.1. The van der Waals surface area contributed by atoms with Gasteiger partial charge in [0.05, 0.1) is 0 Å². The van der Waals surface area contributed by atoms with Crippen LogP contribution in [0.1, 0.15) is 21.6 Å². The van der Waals surface area contributed by atoms with E-state index < -0.39 is 0 Å². The fourth-order valence-electron chi connectivity index (χ4n) is 3.02. The molecule has 1 aromatic heterocycles. The second-order valence-electron chi connectivity index (χ2n) is 6.12. The number of halogens is 2. The molecule has 1 N–H and O–H groups in total. The first-order chi connectivity index (χ1) is 12.6. The number of benzene rings is 2. The number of carbonyl (C=O) groups is 1. The molecule has 4 rings (SSSR count). The number of nitrogens with zero attached hydrogens (tertiary/aromatic N) is 2. The van der Waals surface area contributed by atoms with E-state index in [1.165, 1.54) is 12.1 Å². The molecule has 2 heterocycles. The summed E-state index contributed by atoms with van der Waals surface area (Å²) >= 11 is 6.16. The Morgan fingerprint density at radius 3 is 2.46 bits per heavy atom. The molecule has 1 amide bonds. The molecule has 0 bridgehead atoms. The van der Waals surface area contributed by atoms with Crippen LogP contribution in [0.15, 0.2) is 60.7 Å². The lowest BCUT2D eigenvalue weighted by molar-refractivity contribution is 0.0745. The summed E-state index contributed by atoms with van der Waals surface area (Å²) in [6.07, 6.45) is 0. The predicted octanol–water partition coefficient (Wildman–Crippen LogP) is 4.77. The van der Waals surface area contributed by atoms with Crippen LogP contribution in [0, 0.1) is 5.82 Å². The van der Waals surface area contributed by atoms with E-state index in [0.29, 0.717) is 29.6 Å². The van der Waals surface area contributed by atoms with Gasteiger partial charge in [0.1, 0.15) is 17.3 Å². The number of anilines is 2. The van der Waals surface area contributed by atoms with Crippen molar-refractivity contribution in [1.29, 1.82) is 0 Å². The minimum atomic E-state index is -0.358. The van der Waals surface area contributed by atoms with Crippen molar-refractivity contribution in [1.82, 2.24) is 9.88 Å². The largest absolute Gasteiger partial charge is 0.340 e.